The van der Waals surface area contributed by atoms with Crippen LogP contribution >= 0.6 is 0 Å². The summed E-state index contributed by atoms with van der Waals surface area (Å²) in [4.78, 5) is 11.3. The Bertz CT molecular complexity index is 197. The van der Waals surface area contributed by atoms with Crippen molar-refractivity contribution in [2.75, 3.05) is 20.6 Å². The number of amides is 1. The third-order valence-corrected chi connectivity index (χ3v) is 1.86. The summed E-state index contributed by atoms with van der Waals surface area (Å²) in [7, 11) is 3.97. The zero-order valence-corrected chi connectivity index (χ0v) is 9.18. The highest BCUT2D eigenvalue weighted by Gasteiger charge is 2.17. The van der Waals surface area contributed by atoms with Gasteiger partial charge in [0.2, 0.25) is 0 Å². The first-order chi connectivity index (χ1) is 5.89. The van der Waals surface area contributed by atoms with E-state index < -0.39 is 0 Å². The summed E-state index contributed by atoms with van der Waals surface area (Å²) in [5.41, 5.74) is 3.45. The first-order valence-electron chi connectivity index (χ1n) is 4.70. The van der Waals surface area contributed by atoms with E-state index in [2.05, 4.69) is 18.9 Å². The molecule has 0 aliphatic rings. The monoisotopic (exact) mass is 185 g/mol. The van der Waals surface area contributed by atoms with Crippen LogP contribution in [0.15, 0.2) is 12.2 Å². The van der Waals surface area contributed by atoms with E-state index in [-0.39, 0.29) is 5.91 Å². The molecule has 3 heteroatoms. The molecule has 0 spiro atoms. The fourth-order valence-electron chi connectivity index (χ4n) is 0.980. The molecule has 0 fully saturated rings. The quantitative estimate of drug-likeness (QED) is 0.392. The maximum absolute atomic E-state index is 11.3. The van der Waals surface area contributed by atoms with Crippen LogP contribution < -0.4 is 5.43 Å². The van der Waals surface area contributed by atoms with Gasteiger partial charge in [0, 0.05) is 5.57 Å². The smallest absolute Gasteiger partial charge is 0.265 e. The van der Waals surface area contributed by atoms with Crippen molar-refractivity contribution in [1.29, 1.82) is 0 Å². The van der Waals surface area contributed by atoms with Crippen LogP contribution in [0.2, 0.25) is 0 Å². The third kappa shape index (κ3) is 5.42. The van der Waals surface area contributed by atoms with Gasteiger partial charge < -0.3 is 0 Å². The normalized spacial score (nSPS) is 11.1. The van der Waals surface area contributed by atoms with E-state index in [9.17, 15) is 4.79 Å². The van der Waals surface area contributed by atoms with Gasteiger partial charge in [0.15, 0.2) is 0 Å². The molecule has 0 atom stereocenters. The first-order valence-corrected chi connectivity index (χ1v) is 4.70. The minimum absolute atomic E-state index is 0.0684. The number of nitrogens with one attached hydrogen (secondary N) is 1. The summed E-state index contributed by atoms with van der Waals surface area (Å²) in [5.74, 6) is -0.0684. The Labute approximate surface area is 81.0 Å². The molecule has 0 unspecified atom stereocenters. The molecule has 0 aliphatic carbocycles. The molecule has 76 valence electrons. The molecule has 1 N–H and O–H groups in total. The molecule has 0 aromatic heterocycles. The Kier molecular flexibility index (Phi) is 4.70. The van der Waals surface area contributed by atoms with Gasteiger partial charge in [0.25, 0.3) is 5.91 Å². The largest absolute Gasteiger partial charge is 0.290 e. The minimum atomic E-state index is -0.0684. The van der Waals surface area contributed by atoms with Gasteiger partial charge in [-0.3, -0.25) is 4.79 Å². The number of rotatable bonds is 5. The van der Waals surface area contributed by atoms with Crippen LogP contribution in [-0.4, -0.2) is 31.1 Å². The number of carbonyl (C=O) groups excluding carboxylic acids is 1. The van der Waals surface area contributed by atoms with Crippen molar-refractivity contribution < 1.29 is 9.39 Å². The molecule has 0 aromatic carbocycles. The Morgan fingerprint density at radius 3 is 2.38 bits per heavy atom. The van der Waals surface area contributed by atoms with Crippen LogP contribution in [-0.2, 0) is 4.79 Å². The Balaban J connectivity index is 4.00. The van der Waals surface area contributed by atoms with Crippen LogP contribution in [0.5, 0.6) is 0 Å². The van der Waals surface area contributed by atoms with E-state index in [0.29, 0.717) is 10.2 Å². The predicted molar refractivity (Wildman–Crippen MR) is 54.8 cm³/mol. The third-order valence-electron chi connectivity index (χ3n) is 1.86. The van der Waals surface area contributed by atoms with E-state index in [4.69, 9.17) is 0 Å². The van der Waals surface area contributed by atoms with Crippen molar-refractivity contribution in [2.24, 2.45) is 0 Å². The summed E-state index contributed by atoms with van der Waals surface area (Å²) in [6.45, 7) is 8.41. The van der Waals surface area contributed by atoms with Crippen molar-refractivity contribution in [3.63, 3.8) is 0 Å². The molecule has 0 heterocycles. The van der Waals surface area contributed by atoms with Crippen LogP contribution in [0.25, 0.3) is 0 Å². The van der Waals surface area contributed by atoms with E-state index >= 15 is 0 Å². The highest BCUT2D eigenvalue weighted by molar-refractivity contribution is 5.91. The lowest BCUT2D eigenvalue weighted by molar-refractivity contribution is -0.925. The van der Waals surface area contributed by atoms with E-state index in [1.54, 1.807) is 6.92 Å². The molecule has 0 aromatic rings. The van der Waals surface area contributed by atoms with E-state index in [0.717, 1.165) is 19.4 Å². The van der Waals surface area contributed by atoms with E-state index in [1.165, 1.54) is 0 Å². The van der Waals surface area contributed by atoms with Gasteiger partial charge in [-0.2, -0.15) is 5.43 Å². The summed E-state index contributed by atoms with van der Waals surface area (Å²) < 4.78 is 0.527. The van der Waals surface area contributed by atoms with Gasteiger partial charge >= 0.3 is 0 Å². The van der Waals surface area contributed by atoms with E-state index in [1.807, 2.05) is 14.1 Å². The molecule has 0 saturated carbocycles. The molecular weight excluding hydrogens is 164 g/mol. The topological polar surface area (TPSA) is 29.1 Å². The van der Waals surface area contributed by atoms with Crippen molar-refractivity contribution in [3.8, 4) is 0 Å². The number of carbonyl (C=O) groups is 1. The lowest BCUT2D eigenvalue weighted by Crippen LogP contribution is -2.55. The summed E-state index contributed by atoms with van der Waals surface area (Å²) in [6, 6.07) is 0. The van der Waals surface area contributed by atoms with Crippen molar-refractivity contribution >= 4 is 5.91 Å². The van der Waals surface area contributed by atoms with Crippen molar-refractivity contribution in [1.82, 2.24) is 5.43 Å². The Morgan fingerprint density at radius 1 is 1.46 bits per heavy atom. The molecule has 0 aliphatic heterocycles. The van der Waals surface area contributed by atoms with Crippen molar-refractivity contribution in [3.05, 3.63) is 12.2 Å². The Hall–Kier alpha value is -0.830. The zero-order valence-electron chi connectivity index (χ0n) is 9.18. The van der Waals surface area contributed by atoms with Gasteiger partial charge in [-0.1, -0.05) is 19.9 Å². The molecule has 3 nitrogen and oxygen atoms in total. The SMILES string of the molecule is C=C(C)C(=O)N[N+](C)(C)CCCC. The molecule has 0 radical (unpaired) electrons. The summed E-state index contributed by atoms with van der Waals surface area (Å²) >= 11 is 0. The van der Waals surface area contributed by atoms with Crippen LogP contribution in [0.4, 0.5) is 0 Å². The lowest BCUT2D eigenvalue weighted by Gasteiger charge is -2.28. The average Bonchev–Trinajstić information content (AvgIpc) is 2.00. The Morgan fingerprint density at radius 2 is 2.00 bits per heavy atom. The molecular formula is C10H21N2O+. The second kappa shape index (κ2) is 5.02. The average molecular weight is 185 g/mol. The zero-order chi connectivity index (χ0) is 10.5. The van der Waals surface area contributed by atoms with Gasteiger partial charge in [-0.25, -0.2) is 4.59 Å². The number of quaternary nitrogens is 1. The summed E-state index contributed by atoms with van der Waals surface area (Å²) in [6.07, 6.45) is 2.26. The maximum Gasteiger partial charge on any atom is 0.290 e. The lowest BCUT2D eigenvalue weighted by atomic mass is 10.3. The predicted octanol–water partition coefficient (Wildman–Crippen LogP) is 1.47. The number of unbranched alkanes of at least 4 members (excludes halogenated alkanes) is 1. The summed E-state index contributed by atoms with van der Waals surface area (Å²) in [5, 5.41) is 0. The highest BCUT2D eigenvalue weighted by atomic mass is 16.2. The van der Waals surface area contributed by atoms with Crippen LogP contribution in [0.3, 0.4) is 0 Å². The minimum Gasteiger partial charge on any atom is -0.265 e. The molecule has 13 heavy (non-hydrogen) atoms. The van der Waals surface area contributed by atoms with Gasteiger partial charge in [-0.05, 0) is 13.3 Å². The molecule has 0 bridgehead atoms. The first kappa shape index (κ1) is 12.2. The second-order valence-corrected chi connectivity index (χ2v) is 3.98. The van der Waals surface area contributed by atoms with Crippen molar-refractivity contribution in [2.45, 2.75) is 26.7 Å². The maximum atomic E-state index is 11.3. The number of nitrogens with zero attached hydrogens (tertiary/aromatic N) is 1. The second-order valence-electron chi connectivity index (χ2n) is 3.98. The molecule has 1 amide bonds. The van der Waals surface area contributed by atoms with Gasteiger partial charge in [0.1, 0.15) is 6.54 Å². The number of hydrogen-bond acceptors (Lipinski definition) is 1. The van der Waals surface area contributed by atoms with Gasteiger partial charge in [0.05, 0.1) is 14.1 Å². The van der Waals surface area contributed by atoms with Gasteiger partial charge in [-0.15, -0.1) is 0 Å². The highest BCUT2D eigenvalue weighted by Crippen LogP contribution is 1.98. The van der Waals surface area contributed by atoms with Crippen LogP contribution in [0.1, 0.15) is 26.7 Å². The number of hydrogen-bond donors (Lipinski definition) is 1. The fourth-order valence-corrected chi connectivity index (χ4v) is 0.980. The van der Waals surface area contributed by atoms with Crippen LogP contribution in [0, 0.1) is 0 Å². The fraction of sp³-hybridized carbons (Fsp3) is 0.700. The standard InChI is InChI=1S/C10H20N2O/c1-6-7-8-12(4,5)11-10(13)9(2)3/h2,6-8H2,1,3-5H3/p+1. The molecule has 0 saturated heterocycles. The molecule has 0 rings (SSSR count).